The minimum absolute atomic E-state index is 0.0278. The zero-order chi connectivity index (χ0) is 15.0. The first-order valence-electron chi connectivity index (χ1n) is 8.00. The van der Waals surface area contributed by atoms with Crippen molar-refractivity contribution in [3.8, 4) is 0 Å². The topological polar surface area (TPSA) is 66.4 Å². The number of rotatable bonds is 8. The van der Waals surface area contributed by atoms with Crippen LogP contribution in [-0.4, -0.2) is 23.5 Å². The van der Waals surface area contributed by atoms with Crippen molar-refractivity contribution in [3.05, 3.63) is 0 Å². The predicted molar refractivity (Wildman–Crippen MR) is 79.5 cm³/mol. The molecule has 4 heteroatoms. The first-order chi connectivity index (χ1) is 9.51. The Labute approximate surface area is 122 Å². The molecule has 2 N–H and O–H groups in total. The first-order valence-corrected chi connectivity index (χ1v) is 8.00. The number of nitrogens with one attached hydrogen (secondary N) is 1. The fourth-order valence-corrected chi connectivity index (χ4v) is 3.28. The van der Waals surface area contributed by atoms with E-state index in [0.29, 0.717) is 12.3 Å². The Morgan fingerprint density at radius 3 is 2.20 bits per heavy atom. The van der Waals surface area contributed by atoms with Gasteiger partial charge in [-0.15, -0.1) is 0 Å². The summed E-state index contributed by atoms with van der Waals surface area (Å²) in [6.07, 6.45) is 7.64. The Morgan fingerprint density at radius 1 is 1.10 bits per heavy atom. The molecule has 0 aromatic rings. The third-order valence-corrected chi connectivity index (χ3v) is 4.72. The Bertz CT molecular complexity index is 318. The number of hydrogen-bond acceptors (Lipinski definition) is 2. The zero-order valence-electron chi connectivity index (χ0n) is 12.9. The monoisotopic (exact) mass is 283 g/mol. The van der Waals surface area contributed by atoms with Gasteiger partial charge in [-0.2, -0.15) is 0 Å². The van der Waals surface area contributed by atoms with Crippen LogP contribution < -0.4 is 5.32 Å². The molecular weight excluding hydrogens is 254 g/mol. The standard InChI is InChI=1S/C16H29NO3/c1-3-13(4-2)12-17-14(18)10-16(11-15(19)20)8-6-5-7-9-16/h13H,3-12H2,1-2H3,(H,17,18)(H,19,20). The van der Waals surface area contributed by atoms with E-state index < -0.39 is 5.97 Å². The van der Waals surface area contributed by atoms with Gasteiger partial charge in [0.05, 0.1) is 6.42 Å². The second kappa shape index (κ2) is 8.28. The molecular formula is C16H29NO3. The molecule has 1 saturated carbocycles. The van der Waals surface area contributed by atoms with Crippen molar-refractivity contribution in [3.63, 3.8) is 0 Å². The highest BCUT2D eigenvalue weighted by molar-refractivity contribution is 5.78. The smallest absolute Gasteiger partial charge is 0.303 e. The van der Waals surface area contributed by atoms with Gasteiger partial charge < -0.3 is 10.4 Å². The highest BCUT2D eigenvalue weighted by atomic mass is 16.4. The van der Waals surface area contributed by atoms with Crippen LogP contribution >= 0.6 is 0 Å². The molecule has 0 heterocycles. The SMILES string of the molecule is CCC(CC)CNC(=O)CC1(CC(=O)O)CCCCC1. The van der Waals surface area contributed by atoms with Crippen molar-refractivity contribution in [1.29, 1.82) is 0 Å². The van der Waals surface area contributed by atoms with E-state index in [1.54, 1.807) is 0 Å². The summed E-state index contributed by atoms with van der Waals surface area (Å²) in [5, 5.41) is 12.1. The van der Waals surface area contributed by atoms with Gasteiger partial charge in [-0.1, -0.05) is 46.0 Å². The van der Waals surface area contributed by atoms with Crippen LogP contribution in [0, 0.1) is 11.3 Å². The average Bonchev–Trinajstić information content (AvgIpc) is 2.39. The maximum atomic E-state index is 12.1. The number of carboxylic acid groups (broad SMARTS) is 1. The summed E-state index contributed by atoms with van der Waals surface area (Å²) < 4.78 is 0. The Morgan fingerprint density at radius 2 is 1.70 bits per heavy atom. The van der Waals surface area contributed by atoms with Crippen molar-refractivity contribution in [1.82, 2.24) is 5.32 Å². The van der Waals surface area contributed by atoms with E-state index in [1.807, 2.05) is 0 Å². The van der Waals surface area contributed by atoms with Crippen LogP contribution in [-0.2, 0) is 9.59 Å². The molecule has 0 aliphatic heterocycles. The molecule has 4 nitrogen and oxygen atoms in total. The Balaban J connectivity index is 2.51. The van der Waals surface area contributed by atoms with E-state index >= 15 is 0 Å². The summed E-state index contributed by atoms with van der Waals surface area (Å²) in [5.74, 6) is -0.222. The third-order valence-electron chi connectivity index (χ3n) is 4.72. The number of amides is 1. The molecule has 116 valence electrons. The highest BCUT2D eigenvalue weighted by Gasteiger charge is 2.36. The van der Waals surface area contributed by atoms with Crippen LogP contribution in [0.5, 0.6) is 0 Å². The minimum Gasteiger partial charge on any atom is -0.481 e. The Kier molecular flexibility index (Phi) is 7.03. The molecule has 0 radical (unpaired) electrons. The van der Waals surface area contributed by atoms with Crippen molar-refractivity contribution >= 4 is 11.9 Å². The van der Waals surface area contributed by atoms with Gasteiger partial charge in [0.15, 0.2) is 0 Å². The van der Waals surface area contributed by atoms with E-state index in [1.165, 1.54) is 0 Å². The molecule has 0 aromatic carbocycles. The predicted octanol–water partition coefficient (Wildman–Crippen LogP) is 3.35. The second-order valence-electron chi connectivity index (χ2n) is 6.29. The first kappa shape index (κ1) is 17.0. The quantitative estimate of drug-likeness (QED) is 0.718. The van der Waals surface area contributed by atoms with Crippen LogP contribution in [0.3, 0.4) is 0 Å². The molecule has 1 rings (SSSR count). The lowest BCUT2D eigenvalue weighted by Crippen LogP contribution is -2.36. The molecule has 1 amide bonds. The van der Waals surface area contributed by atoms with Crippen LogP contribution in [0.1, 0.15) is 71.6 Å². The number of carbonyl (C=O) groups is 2. The molecule has 0 bridgehead atoms. The van der Waals surface area contributed by atoms with Crippen LogP contribution in [0.25, 0.3) is 0 Å². The lowest BCUT2D eigenvalue weighted by molar-refractivity contribution is -0.141. The minimum atomic E-state index is -0.778. The molecule has 0 unspecified atom stereocenters. The van der Waals surface area contributed by atoms with E-state index in [2.05, 4.69) is 19.2 Å². The number of aliphatic carboxylic acids is 1. The lowest BCUT2D eigenvalue weighted by Gasteiger charge is -2.35. The second-order valence-corrected chi connectivity index (χ2v) is 6.29. The summed E-state index contributed by atoms with van der Waals surface area (Å²) in [5.41, 5.74) is -0.303. The maximum absolute atomic E-state index is 12.1. The van der Waals surface area contributed by atoms with E-state index in [4.69, 9.17) is 5.11 Å². The molecule has 20 heavy (non-hydrogen) atoms. The molecule has 1 aliphatic rings. The zero-order valence-corrected chi connectivity index (χ0v) is 12.9. The molecule has 0 spiro atoms. The van der Waals surface area contributed by atoms with Gasteiger partial charge in [-0.25, -0.2) is 0 Å². The van der Waals surface area contributed by atoms with Gasteiger partial charge in [0.1, 0.15) is 0 Å². The molecule has 0 saturated heterocycles. The summed E-state index contributed by atoms with van der Waals surface area (Å²) in [6, 6.07) is 0. The van der Waals surface area contributed by atoms with E-state index in [9.17, 15) is 9.59 Å². The number of carbonyl (C=O) groups excluding carboxylic acids is 1. The molecule has 0 aromatic heterocycles. The molecule has 1 aliphatic carbocycles. The summed E-state index contributed by atoms with van der Waals surface area (Å²) in [6.45, 7) is 4.98. The van der Waals surface area contributed by atoms with Crippen LogP contribution in [0.4, 0.5) is 0 Å². The third kappa shape index (κ3) is 5.51. The number of carboxylic acids is 1. The molecule has 0 atom stereocenters. The van der Waals surface area contributed by atoms with Crippen molar-refractivity contribution in [2.75, 3.05) is 6.54 Å². The van der Waals surface area contributed by atoms with Crippen molar-refractivity contribution < 1.29 is 14.7 Å². The summed E-state index contributed by atoms with van der Waals surface area (Å²) in [7, 11) is 0. The largest absolute Gasteiger partial charge is 0.481 e. The molecule has 1 fully saturated rings. The van der Waals surface area contributed by atoms with Crippen LogP contribution in [0.15, 0.2) is 0 Å². The van der Waals surface area contributed by atoms with E-state index in [0.717, 1.165) is 51.5 Å². The Hall–Kier alpha value is -1.06. The number of hydrogen-bond donors (Lipinski definition) is 2. The van der Waals surface area contributed by atoms with E-state index in [-0.39, 0.29) is 17.7 Å². The van der Waals surface area contributed by atoms with Gasteiger partial charge in [0.2, 0.25) is 5.91 Å². The summed E-state index contributed by atoms with van der Waals surface area (Å²) in [4.78, 5) is 23.2. The van der Waals surface area contributed by atoms with Gasteiger partial charge in [-0.05, 0) is 24.2 Å². The summed E-state index contributed by atoms with van der Waals surface area (Å²) >= 11 is 0. The van der Waals surface area contributed by atoms with Crippen molar-refractivity contribution in [2.45, 2.75) is 71.6 Å². The highest BCUT2D eigenvalue weighted by Crippen LogP contribution is 2.42. The fraction of sp³-hybridized carbons (Fsp3) is 0.875. The normalized spacial score (nSPS) is 17.9. The van der Waals surface area contributed by atoms with Crippen LogP contribution in [0.2, 0.25) is 0 Å². The fourth-order valence-electron chi connectivity index (χ4n) is 3.28. The average molecular weight is 283 g/mol. The van der Waals surface area contributed by atoms with Gasteiger partial charge in [0, 0.05) is 13.0 Å². The maximum Gasteiger partial charge on any atom is 0.303 e. The lowest BCUT2D eigenvalue weighted by atomic mass is 9.69. The van der Waals surface area contributed by atoms with Crippen molar-refractivity contribution in [2.24, 2.45) is 11.3 Å². The van der Waals surface area contributed by atoms with Gasteiger partial charge in [-0.3, -0.25) is 9.59 Å². The van der Waals surface area contributed by atoms with Gasteiger partial charge >= 0.3 is 5.97 Å². The van der Waals surface area contributed by atoms with Gasteiger partial charge in [0.25, 0.3) is 0 Å².